The first-order valence-electron chi connectivity index (χ1n) is 7.32. The van der Waals surface area contributed by atoms with Gasteiger partial charge in [-0.2, -0.15) is 0 Å². The second-order valence-electron chi connectivity index (χ2n) is 4.86. The first-order valence-corrected chi connectivity index (χ1v) is 7.32. The standard InChI is InChI=1S/C16H25N3O3/c1-4-8-18(9-5-2)11-12-22-16(20)19-10-6-7-15(14-19)13-17-21-3/h4-5,7,13H,1-2,6,8-12,14H2,3H3. The van der Waals surface area contributed by atoms with Crippen LogP contribution in [0.5, 0.6) is 0 Å². The van der Waals surface area contributed by atoms with Gasteiger partial charge in [0.15, 0.2) is 0 Å². The molecule has 0 aromatic rings. The molecule has 0 saturated heterocycles. The maximum atomic E-state index is 12.1. The minimum absolute atomic E-state index is 0.298. The number of amides is 1. The fourth-order valence-corrected chi connectivity index (χ4v) is 2.12. The molecule has 0 spiro atoms. The van der Waals surface area contributed by atoms with Crippen molar-refractivity contribution in [3.63, 3.8) is 0 Å². The van der Waals surface area contributed by atoms with E-state index in [-0.39, 0.29) is 6.09 Å². The minimum atomic E-state index is -0.298. The lowest BCUT2D eigenvalue weighted by Gasteiger charge is -2.26. The fraction of sp³-hybridized carbons (Fsp3) is 0.500. The minimum Gasteiger partial charge on any atom is -0.448 e. The van der Waals surface area contributed by atoms with E-state index in [1.807, 2.05) is 18.2 Å². The summed E-state index contributed by atoms with van der Waals surface area (Å²) < 4.78 is 5.33. The van der Waals surface area contributed by atoms with Gasteiger partial charge in [-0.15, -0.1) is 13.2 Å². The van der Waals surface area contributed by atoms with Crippen molar-refractivity contribution in [3.05, 3.63) is 37.0 Å². The Morgan fingerprint density at radius 2 is 2.18 bits per heavy atom. The van der Waals surface area contributed by atoms with E-state index in [0.29, 0.717) is 26.2 Å². The van der Waals surface area contributed by atoms with Crippen molar-refractivity contribution in [2.24, 2.45) is 5.16 Å². The van der Waals surface area contributed by atoms with Gasteiger partial charge in [0.1, 0.15) is 13.7 Å². The van der Waals surface area contributed by atoms with Crippen molar-refractivity contribution in [3.8, 4) is 0 Å². The van der Waals surface area contributed by atoms with Crippen molar-refractivity contribution in [2.75, 3.05) is 46.4 Å². The van der Waals surface area contributed by atoms with Gasteiger partial charge in [-0.3, -0.25) is 4.90 Å². The van der Waals surface area contributed by atoms with Crippen molar-refractivity contribution in [1.29, 1.82) is 0 Å². The summed E-state index contributed by atoms with van der Waals surface area (Å²) in [4.78, 5) is 20.5. The molecule has 0 atom stereocenters. The van der Waals surface area contributed by atoms with Gasteiger partial charge in [-0.25, -0.2) is 4.79 Å². The maximum Gasteiger partial charge on any atom is 0.410 e. The largest absolute Gasteiger partial charge is 0.448 e. The lowest BCUT2D eigenvalue weighted by atomic mass is 10.1. The molecule has 0 fully saturated rings. The van der Waals surface area contributed by atoms with E-state index >= 15 is 0 Å². The lowest BCUT2D eigenvalue weighted by Crippen LogP contribution is -2.38. The summed E-state index contributed by atoms with van der Waals surface area (Å²) in [5, 5.41) is 3.72. The SMILES string of the molecule is C=CCN(CC=C)CCOC(=O)N1CCC=C(C=NOC)C1. The van der Waals surface area contributed by atoms with Gasteiger partial charge >= 0.3 is 6.09 Å². The number of nitrogens with zero attached hydrogens (tertiary/aromatic N) is 3. The molecular weight excluding hydrogens is 282 g/mol. The Morgan fingerprint density at radius 1 is 1.45 bits per heavy atom. The molecule has 1 aliphatic rings. The van der Waals surface area contributed by atoms with Crippen LogP contribution >= 0.6 is 0 Å². The Labute approximate surface area is 132 Å². The summed E-state index contributed by atoms with van der Waals surface area (Å²) in [5.41, 5.74) is 0.949. The third kappa shape index (κ3) is 6.58. The van der Waals surface area contributed by atoms with Gasteiger partial charge in [0.25, 0.3) is 0 Å². The summed E-state index contributed by atoms with van der Waals surface area (Å²) in [5.74, 6) is 0. The van der Waals surface area contributed by atoms with Gasteiger partial charge in [0.05, 0.1) is 12.8 Å². The van der Waals surface area contributed by atoms with Crippen LogP contribution in [0.3, 0.4) is 0 Å². The van der Waals surface area contributed by atoms with Gasteiger partial charge < -0.3 is 14.5 Å². The first kappa shape index (κ1) is 18.0. The van der Waals surface area contributed by atoms with Crippen molar-refractivity contribution >= 4 is 12.3 Å². The Bertz CT molecular complexity index is 422. The topological polar surface area (TPSA) is 54.4 Å². The van der Waals surface area contributed by atoms with Gasteiger partial charge in [0, 0.05) is 26.2 Å². The molecule has 0 radical (unpaired) electrons. The van der Waals surface area contributed by atoms with E-state index < -0.39 is 0 Å². The summed E-state index contributed by atoms with van der Waals surface area (Å²) in [6, 6.07) is 0. The summed E-state index contributed by atoms with van der Waals surface area (Å²) in [7, 11) is 1.49. The number of rotatable bonds is 9. The van der Waals surface area contributed by atoms with E-state index in [2.05, 4.69) is 28.1 Å². The number of oxime groups is 1. The zero-order chi connectivity index (χ0) is 16.2. The lowest BCUT2D eigenvalue weighted by molar-refractivity contribution is 0.0956. The monoisotopic (exact) mass is 307 g/mol. The van der Waals surface area contributed by atoms with Crippen LogP contribution in [0.1, 0.15) is 6.42 Å². The molecule has 1 rings (SSSR count). The molecule has 0 aliphatic carbocycles. The molecule has 0 saturated carbocycles. The van der Waals surface area contributed by atoms with Crippen LogP contribution in [0.25, 0.3) is 0 Å². The second kappa shape index (κ2) is 10.6. The fourth-order valence-electron chi connectivity index (χ4n) is 2.12. The molecule has 122 valence electrons. The third-order valence-electron chi connectivity index (χ3n) is 3.17. The highest BCUT2D eigenvalue weighted by atomic mass is 16.6. The molecule has 0 aromatic carbocycles. The average molecular weight is 307 g/mol. The number of hydrogen-bond acceptors (Lipinski definition) is 5. The molecule has 22 heavy (non-hydrogen) atoms. The molecule has 1 heterocycles. The van der Waals surface area contributed by atoms with Crippen molar-refractivity contribution in [2.45, 2.75) is 6.42 Å². The Morgan fingerprint density at radius 3 is 2.82 bits per heavy atom. The third-order valence-corrected chi connectivity index (χ3v) is 3.17. The van der Waals surface area contributed by atoms with Crippen LogP contribution in [0, 0.1) is 0 Å². The summed E-state index contributed by atoms with van der Waals surface area (Å²) in [6.07, 6.45) is 7.80. The van der Waals surface area contributed by atoms with Crippen LogP contribution in [0.4, 0.5) is 4.79 Å². The first-order chi connectivity index (χ1) is 10.7. The predicted molar refractivity (Wildman–Crippen MR) is 88.0 cm³/mol. The van der Waals surface area contributed by atoms with Gasteiger partial charge in [-0.05, 0) is 12.0 Å². The smallest absolute Gasteiger partial charge is 0.410 e. The van der Waals surface area contributed by atoms with Gasteiger partial charge in [-0.1, -0.05) is 23.4 Å². The number of hydrogen-bond donors (Lipinski definition) is 0. The van der Waals surface area contributed by atoms with E-state index in [1.165, 1.54) is 7.11 Å². The van der Waals surface area contributed by atoms with E-state index in [9.17, 15) is 4.79 Å². The van der Waals surface area contributed by atoms with Crippen LogP contribution in [-0.2, 0) is 9.57 Å². The van der Waals surface area contributed by atoms with Gasteiger partial charge in [0.2, 0.25) is 0 Å². The highest BCUT2D eigenvalue weighted by Gasteiger charge is 2.18. The van der Waals surface area contributed by atoms with Crippen molar-refractivity contribution in [1.82, 2.24) is 9.80 Å². The molecule has 0 bridgehead atoms. The summed E-state index contributed by atoms with van der Waals surface area (Å²) >= 11 is 0. The molecule has 0 unspecified atom stereocenters. The molecule has 6 nitrogen and oxygen atoms in total. The van der Waals surface area contributed by atoms with E-state index in [4.69, 9.17) is 4.74 Å². The number of carbonyl (C=O) groups excluding carboxylic acids is 1. The number of carbonyl (C=O) groups is 1. The molecule has 1 aliphatic heterocycles. The Hall–Kier alpha value is -2.08. The van der Waals surface area contributed by atoms with E-state index in [1.54, 1.807) is 11.1 Å². The summed E-state index contributed by atoms with van der Waals surface area (Å²) in [6.45, 7) is 11.1. The highest BCUT2D eigenvalue weighted by molar-refractivity contribution is 5.80. The number of ether oxygens (including phenoxy) is 1. The molecular formula is C16H25N3O3. The normalized spacial score (nSPS) is 14.8. The van der Waals surface area contributed by atoms with E-state index in [0.717, 1.165) is 25.1 Å². The molecule has 0 N–H and O–H groups in total. The van der Waals surface area contributed by atoms with Crippen LogP contribution in [-0.4, -0.2) is 68.5 Å². The second-order valence-corrected chi connectivity index (χ2v) is 4.86. The average Bonchev–Trinajstić information content (AvgIpc) is 2.53. The van der Waals surface area contributed by atoms with Crippen LogP contribution < -0.4 is 0 Å². The predicted octanol–water partition coefficient (Wildman–Crippen LogP) is 2.06. The molecule has 6 heteroatoms. The maximum absolute atomic E-state index is 12.1. The Balaban J connectivity index is 2.36. The van der Waals surface area contributed by atoms with Crippen LogP contribution in [0.15, 0.2) is 42.1 Å². The van der Waals surface area contributed by atoms with Crippen LogP contribution in [0.2, 0.25) is 0 Å². The zero-order valence-electron chi connectivity index (χ0n) is 13.2. The molecule has 1 amide bonds. The Kier molecular flexibility index (Phi) is 8.67. The highest BCUT2D eigenvalue weighted by Crippen LogP contribution is 2.09. The molecule has 0 aromatic heterocycles. The quantitative estimate of drug-likeness (QED) is 0.372. The van der Waals surface area contributed by atoms with Crippen molar-refractivity contribution < 1.29 is 14.4 Å². The zero-order valence-corrected chi connectivity index (χ0v) is 13.2.